The number of dihydropyridines is 1. The number of allylic oxidation sites excluding steroid dienone is 5. The van der Waals surface area contributed by atoms with Crippen molar-refractivity contribution in [3.8, 4) is 17.9 Å². The van der Waals surface area contributed by atoms with E-state index in [9.17, 15) is 10.5 Å². The van der Waals surface area contributed by atoms with Crippen molar-refractivity contribution in [1.82, 2.24) is 5.32 Å². The van der Waals surface area contributed by atoms with Gasteiger partial charge in [-0.25, -0.2) is 0 Å². The van der Waals surface area contributed by atoms with Crippen LogP contribution in [0, 0.1) is 28.6 Å². The van der Waals surface area contributed by atoms with Crippen molar-refractivity contribution in [1.29, 1.82) is 10.5 Å². The minimum absolute atomic E-state index is 0.444. The minimum atomic E-state index is -0.444. The maximum absolute atomic E-state index is 9.41. The molecule has 1 aromatic carbocycles. The minimum Gasteiger partial charge on any atom is -0.497 e. The number of halogens is 1. The molecule has 0 spiro atoms. The summed E-state index contributed by atoms with van der Waals surface area (Å²) in [4.78, 5) is 0. The fourth-order valence-corrected chi connectivity index (χ4v) is 2.74. The van der Waals surface area contributed by atoms with Crippen LogP contribution in [0.5, 0.6) is 5.75 Å². The van der Waals surface area contributed by atoms with E-state index >= 15 is 0 Å². The van der Waals surface area contributed by atoms with Crippen LogP contribution in [0.2, 0.25) is 0 Å². The highest BCUT2D eigenvalue weighted by Gasteiger charge is 2.26. The van der Waals surface area contributed by atoms with Gasteiger partial charge in [0.2, 0.25) is 0 Å². The topological polar surface area (TPSA) is 68.8 Å². The Hall–Kier alpha value is -2.69. The van der Waals surface area contributed by atoms with Crippen LogP contribution < -0.4 is 10.1 Å². The first-order valence-corrected chi connectivity index (χ1v) is 7.40. The fourth-order valence-electron chi connectivity index (χ4n) is 2.49. The molecule has 2 rings (SSSR count). The lowest BCUT2D eigenvalue weighted by Crippen LogP contribution is -2.23. The van der Waals surface area contributed by atoms with E-state index in [-0.39, 0.29) is 0 Å². The lowest BCUT2D eigenvalue weighted by molar-refractivity contribution is 0.415. The predicted octanol–water partition coefficient (Wildman–Crippen LogP) is 4.09. The Morgan fingerprint density at radius 3 is 2.09 bits per heavy atom. The molecule has 4 nitrogen and oxygen atoms in total. The summed E-state index contributed by atoms with van der Waals surface area (Å²) in [5.41, 5.74) is 3.28. The Kier molecular flexibility index (Phi) is 5.11. The first kappa shape index (κ1) is 16.7. The van der Waals surface area contributed by atoms with Crippen LogP contribution in [-0.4, -0.2) is 7.11 Å². The predicted molar refractivity (Wildman–Crippen MR) is 90.1 cm³/mol. The van der Waals surface area contributed by atoms with Gasteiger partial charge in [-0.15, -0.1) is 0 Å². The zero-order valence-corrected chi connectivity index (χ0v) is 13.9. The number of rotatable bonds is 3. The van der Waals surface area contributed by atoms with Gasteiger partial charge >= 0.3 is 0 Å². The van der Waals surface area contributed by atoms with Crippen molar-refractivity contribution in [2.24, 2.45) is 5.92 Å². The molecule has 0 saturated carbocycles. The third-order valence-electron chi connectivity index (χ3n) is 3.72. The molecule has 23 heavy (non-hydrogen) atoms. The second kappa shape index (κ2) is 7.05. The lowest BCUT2D eigenvalue weighted by atomic mass is 9.86. The van der Waals surface area contributed by atoms with Gasteiger partial charge in [0.25, 0.3) is 0 Å². The van der Waals surface area contributed by atoms with E-state index in [4.69, 9.17) is 16.3 Å². The number of hydrogen-bond donors (Lipinski definition) is 1. The Morgan fingerprint density at radius 1 is 1.13 bits per heavy atom. The third kappa shape index (κ3) is 3.39. The van der Waals surface area contributed by atoms with Crippen LogP contribution in [0.15, 0.2) is 52.9 Å². The molecule has 116 valence electrons. The summed E-state index contributed by atoms with van der Waals surface area (Å²) in [5.74, 6) is 0.294. The van der Waals surface area contributed by atoms with Gasteiger partial charge in [0.1, 0.15) is 5.75 Å². The molecule has 0 fully saturated rings. The summed E-state index contributed by atoms with van der Waals surface area (Å²) in [6, 6.07) is 11.6. The van der Waals surface area contributed by atoms with Crippen molar-refractivity contribution in [2.45, 2.75) is 13.8 Å². The first-order chi connectivity index (χ1) is 11.0. The smallest absolute Gasteiger partial charge is 0.118 e. The van der Waals surface area contributed by atoms with Crippen molar-refractivity contribution >= 4 is 16.6 Å². The second-order valence-corrected chi connectivity index (χ2v) is 5.55. The summed E-state index contributed by atoms with van der Waals surface area (Å²) >= 11 is 6.41. The number of hydrogen-bond acceptors (Lipinski definition) is 4. The molecule has 1 N–H and O–H groups in total. The molecule has 5 heteroatoms. The van der Waals surface area contributed by atoms with Crippen LogP contribution >= 0.6 is 11.6 Å². The highest BCUT2D eigenvalue weighted by atomic mass is 35.5. The van der Waals surface area contributed by atoms with Gasteiger partial charge < -0.3 is 10.1 Å². The summed E-state index contributed by atoms with van der Waals surface area (Å²) < 4.78 is 5.12. The maximum atomic E-state index is 9.41. The zero-order valence-electron chi connectivity index (χ0n) is 13.1. The van der Waals surface area contributed by atoms with E-state index in [2.05, 4.69) is 17.5 Å². The second-order valence-electron chi connectivity index (χ2n) is 5.15. The molecule has 0 radical (unpaired) electrons. The van der Waals surface area contributed by atoms with Crippen LogP contribution in [-0.2, 0) is 0 Å². The quantitative estimate of drug-likeness (QED) is 0.908. The molecular formula is C18H16ClN3O. The number of nitriles is 2. The van der Waals surface area contributed by atoms with E-state index in [1.807, 2.05) is 38.1 Å². The summed E-state index contributed by atoms with van der Waals surface area (Å²) in [6.45, 7) is 3.64. The van der Waals surface area contributed by atoms with E-state index in [0.29, 0.717) is 16.2 Å². The SMILES string of the molecule is COc1ccc(/C(Cl)=C\C2C(C#N)=C(C)NC(C)=C2C#N)cc1. The molecule has 0 bridgehead atoms. The molecule has 0 atom stereocenters. The molecule has 0 aliphatic carbocycles. The molecule has 1 aromatic rings. The highest BCUT2D eigenvalue weighted by Crippen LogP contribution is 2.33. The number of nitrogens with one attached hydrogen (secondary N) is 1. The van der Waals surface area contributed by atoms with Gasteiger partial charge in [-0.1, -0.05) is 17.7 Å². The van der Waals surface area contributed by atoms with Crippen molar-refractivity contribution in [3.05, 3.63) is 58.4 Å². The summed E-state index contributed by atoms with van der Waals surface area (Å²) in [7, 11) is 1.60. The van der Waals surface area contributed by atoms with E-state index in [1.165, 1.54) is 0 Å². The summed E-state index contributed by atoms with van der Waals surface area (Å²) in [5, 5.41) is 22.4. The Morgan fingerprint density at radius 2 is 1.65 bits per heavy atom. The average molecular weight is 326 g/mol. The van der Waals surface area contributed by atoms with Crippen LogP contribution in [0.25, 0.3) is 5.03 Å². The van der Waals surface area contributed by atoms with Crippen LogP contribution in [0.3, 0.4) is 0 Å². The number of benzene rings is 1. The third-order valence-corrected chi connectivity index (χ3v) is 4.07. The van der Waals surface area contributed by atoms with Crippen LogP contribution in [0.4, 0.5) is 0 Å². The molecule has 1 aliphatic rings. The van der Waals surface area contributed by atoms with Gasteiger partial charge in [-0.3, -0.25) is 0 Å². The van der Waals surface area contributed by atoms with Gasteiger partial charge in [0, 0.05) is 16.4 Å². The standard InChI is InChI=1S/C18H16ClN3O/c1-11-16(9-20)15(17(10-21)12(2)22-11)8-18(19)13-4-6-14(23-3)7-5-13/h4-8,15,22H,1-3H3/b18-8+. The van der Waals surface area contributed by atoms with Gasteiger partial charge in [0.15, 0.2) is 0 Å². The molecular weight excluding hydrogens is 310 g/mol. The van der Waals surface area contributed by atoms with Gasteiger partial charge in [0.05, 0.1) is 36.3 Å². The fraction of sp³-hybridized carbons (Fsp3) is 0.222. The molecule has 0 aromatic heterocycles. The van der Waals surface area contributed by atoms with E-state index < -0.39 is 5.92 Å². The monoisotopic (exact) mass is 325 g/mol. The normalized spacial score (nSPS) is 15.8. The molecule has 1 aliphatic heterocycles. The number of nitrogens with zero attached hydrogens (tertiary/aromatic N) is 2. The van der Waals surface area contributed by atoms with Gasteiger partial charge in [-0.2, -0.15) is 10.5 Å². The average Bonchev–Trinajstić information content (AvgIpc) is 2.55. The summed E-state index contributed by atoms with van der Waals surface area (Å²) in [6.07, 6.45) is 1.74. The Bertz CT molecular complexity index is 753. The maximum Gasteiger partial charge on any atom is 0.118 e. The zero-order chi connectivity index (χ0) is 17.0. The van der Waals surface area contributed by atoms with E-state index in [1.54, 1.807) is 13.2 Å². The molecule has 1 heterocycles. The number of ether oxygens (including phenoxy) is 1. The highest BCUT2D eigenvalue weighted by molar-refractivity contribution is 6.48. The van der Waals surface area contributed by atoms with Crippen molar-refractivity contribution in [2.75, 3.05) is 7.11 Å². The Labute approximate surface area is 140 Å². The lowest BCUT2D eigenvalue weighted by Gasteiger charge is -2.24. The van der Waals surface area contributed by atoms with Crippen molar-refractivity contribution in [3.63, 3.8) is 0 Å². The largest absolute Gasteiger partial charge is 0.497 e. The van der Waals surface area contributed by atoms with E-state index in [0.717, 1.165) is 22.7 Å². The Balaban J connectivity index is 2.46. The van der Waals surface area contributed by atoms with Crippen molar-refractivity contribution < 1.29 is 4.74 Å². The molecule has 0 saturated heterocycles. The molecule has 0 unspecified atom stereocenters. The van der Waals surface area contributed by atoms with Crippen LogP contribution in [0.1, 0.15) is 19.4 Å². The molecule has 0 amide bonds. The van der Waals surface area contributed by atoms with Gasteiger partial charge in [-0.05, 0) is 43.7 Å². The number of methoxy groups -OCH3 is 1. The first-order valence-electron chi connectivity index (χ1n) is 7.02.